The number of nitrogens with zero attached hydrogens (tertiary/aromatic N) is 2. The lowest BCUT2D eigenvalue weighted by Crippen LogP contribution is -2.25. The van der Waals surface area contributed by atoms with Gasteiger partial charge in [-0.2, -0.15) is 5.10 Å². The number of halogens is 1. The first-order chi connectivity index (χ1) is 16.7. The topological polar surface area (TPSA) is 98.9 Å². The minimum Gasteiger partial charge on any atom is -0.494 e. The number of hydrogen-bond acceptors (Lipinski definition) is 4. The molecule has 4 rings (SSSR count). The number of rotatable bonds is 5. The van der Waals surface area contributed by atoms with E-state index in [1.165, 1.54) is 24.3 Å². The van der Waals surface area contributed by atoms with Crippen LogP contribution >= 0.6 is 12.2 Å². The van der Waals surface area contributed by atoms with Gasteiger partial charge in [0.05, 0.1) is 22.4 Å². The Morgan fingerprint density at radius 2 is 1.74 bits per heavy atom. The number of aromatic nitrogens is 1. The Kier molecular flexibility index (Phi) is 6.52. The van der Waals surface area contributed by atoms with Crippen LogP contribution in [-0.4, -0.2) is 31.6 Å². The van der Waals surface area contributed by atoms with Crippen LogP contribution in [0.4, 0.5) is 10.1 Å². The Labute approximate surface area is 206 Å². The summed E-state index contributed by atoms with van der Waals surface area (Å²) >= 11 is 5.27. The van der Waals surface area contributed by atoms with E-state index in [4.69, 9.17) is 17.3 Å². The van der Waals surface area contributed by atoms with Crippen molar-refractivity contribution in [1.82, 2.24) is 9.99 Å². The molecule has 9 heteroatoms. The highest BCUT2D eigenvalue weighted by atomic mass is 32.1. The number of thiocarbonyl (C=S) groups is 1. The number of nitrogens with one attached hydrogen (secondary N) is 2. The van der Waals surface area contributed by atoms with Crippen LogP contribution in [0.2, 0.25) is 0 Å². The molecule has 0 aliphatic rings. The molecule has 0 unspecified atom stereocenters. The lowest BCUT2D eigenvalue weighted by atomic mass is 10.1. The standard InChI is InChI=1S/C26H23FN4O3S/c1-14-4-10-20(12-15(14)2)31-22-11-7-18(27)13-21(22)23(24(31)32)16(3)29-30-26(35)28-19-8-5-17(6-9-19)25(33)34/h4-13,32H,1-3H3,(H,33,34)(H2,28,30,35)/b29-16+. The number of hydrogen-bond donors (Lipinski definition) is 4. The SMILES string of the molecule is C/C(=N\NC(=S)Nc1ccc(C(=O)O)cc1)c1c(O)n(-c2ccc(C)c(C)c2)c2ccc(F)cc12. The van der Waals surface area contributed by atoms with Gasteiger partial charge in [0.2, 0.25) is 5.88 Å². The highest BCUT2D eigenvalue weighted by Crippen LogP contribution is 2.35. The molecule has 0 saturated heterocycles. The molecule has 3 aromatic carbocycles. The van der Waals surface area contributed by atoms with Gasteiger partial charge in [0, 0.05) is 16.8 Å². The average Bonchev–Trinajstić information content (AvgIpc) is 3.10. The van der Waals surface area contributed by atoms with E-state index in [0.717, 1.165) is 16.8 Å². The van der Waals surface area contributed by atoms with E-state index in [1.807, 2.05) is 32.0 Å². The fourth-order valence-electron chi connectivity index (χ4n) is 3.78. The molecule has 4 N–H and O–H groups in total. The van der Waals surface area contributed by atoms with Crippen LogP contribution in [0.3, 0.4) is 0 Å². The van der Waals surface area contributed by atoms with Crippen LogP contribution in [0, 0.1) is 19.7 Å². The largest absolute Gasteiger partial charge is 0.494 e. The molecule has 1 heterocycles. The monoisotopic (exact) mass is 490 g/mol. The minimum absolute atomic E-state index is 0.0694. The smallest absolute Gasteiger partial charge is 0.335 e. The molecular weight excluding hydrogens is 467 g/mol. The fraction of sp³-hybridized carbons (Fsp3) is 0.115. The molecule has 0 atom stereocenters. The summed E-state index contributed by atoms with van der Waals surface area (Å²) in [6.45, 7) is 5.68. The van der Waals surface area contributed by atoms with Gasteiger partial charge in [-0.3, -0.25) is 9.99 Å². The average molecular weight is 491 g/mol. The Hall–Kier alpha value is -4.24. The second-order valence-electron chi connectivity index (χ2n) is 8.11. The molecule has 7 nitrogen and oxygen atoms in total. The lowest BCUT2D eigenvalue weighted by molar-refractivity contribution is 0.0697. The summed E-state index contributed by atoms with van der Waals surface area (Å²) in [5.41, 5.74) is 7.79. The molecule has 0 aliphatic carbocycles. The highest BCUT2D eigenvalue weighted by Gasteiger charge is 2.21. The van der Waals surface area contributed by atoms with Gasteiger partial charge in [-0.15, -0.1) is 0 Å². The number of carboxylic acids is 1. The summed E-state index contributed by atoms with van der Waals surface area (Å²) in [6.07, 6.45) is 0. The van der Waals surface area contributed by atoms with Gasteiger partial charge >= 0.3 is 5.97 Å². The third-order valence-electron chi connectivity index (χ3n) is 5.73. The summed E-state index contributed by atoms with van der Waals surface area (Å²) in [5, 5.41) is 28.1. The Bertz CT molecular complexity index is 1490. The minimum atomic E-state index is -1.02. The van der Waals surface area contributed by atoms with Crippen LogP contribution in [0.5, 0.6) is 5.88 Å². The van der Waals surface area contributed by atoms with Crippen LogP contribution in [-0.2, 0) is 0 Å². The van der Waals surface area contributed by atoms with Crippen LogP contribution in [0.15, 0.2) is 65.8 Å². The van der Waals surface area contributed by atoms with E-state index in [9.17, 15) is 14.3 Å². The van der Waals surface area contributed by atoms with Gasteiger partial charge in [0.1, 0.15) is 5.82 Å². The van der Waals surface area contributed by atoms with Crippen LogP contribution < -0.4 is 10.7 Å². The van der Waals surface area contributed by atoms with Crippen molar-refractivity contribution in [1.29, 1.82) is 0 Å². The number of aryl methyl sites for hydroxylation is 2. The number of carboxylic acid groups (broad SMARTS) is 1. The van der Waals surface area contributed by atoms with E-state index >= 15 is 0 Å². The van der Waals surface area contributed by atoms with Crippen molar-refractivity contribution in [3.05, 3.63) is 88.7 Å². The van der Waals surface area contributed by atoms with Gasteiger partial charge in [0.25, 0.3) is 0 Å². The van der Waals surface area contributed by atoms with E-state index in [1.54, 1.807) is 29.7 Å². The number of aromatic carboxylic acids is 1. The van der Waals surface area contributed by atoms with Gasteiger partial charge in [0.15, 0.2) is 5.11 Å². The first-order valence-corrected chi connectivity index (χ1v) is 11.1. The number of hydrazone groups is 1. The van der Waals surface area contributed by atoms with Crippen LogP contribution in [0.25, 0.3) is 16.6 Å². The third kappa shape index (κ3) is 4.85. The fourth-order valence-corrected chi connectivity index (χ4v) is 3.94. The van der Waals surface area contributed by atoms with Crippen molar-refractivity contribution in [3.63, 3.8) is 0 Å². The molecule has 178 valence electrons. The maximum absolute atomic E-state index is 14.2. The zero-order valence-corrected chi connectivity index (χ0v) is 20.1. The second kappa shape index (κ2) is 9.55. The zero-order chi connectivity index (χ0) is 25.3. The van der Waals surface area contributed by atoms with Gasteiger partial charge in [-0.05, 0) is 98.7 Å². The van der Waals surface area contributed by atoms with E-state index in [-0.39, 0.29) is 16.6 Å². The van der Waals surface area contributed by atoms with Crippen molar-refractivity contribution in [2.45, 2.75) is 20.8 Å². The predicted molar refractivity (Wildman–Crippen MR) is 139 cm³/mol. The van der Waals surface area contributed by atoms with Crippen molar-refractivity contribution >= 4 is 45.6 Å². The lowest BCUT2D eigenvalue weighted by Gasteiger charge is -2.10. The summed E-state index contributed by atoms with van der Waals surface area (Å²) in [7, 11) is 0. The quantitative estimate of drug-likeness (QED) is 0.168. The maximum Gasteiger partial charge on any atom is 0.335 e. The van der Waals surface area contributed by atoms with E-state index in [0.29, 0.717) is 27.9 Å². The first-order valence-electron chi connectivity index (χ1n) is 10.7. The Morgan fingerprint density at radius 1 is 1.03 bits per heavy atom. The molecule has 0 radical (unpaired) electrons. The Morgan fingerprint density at radius 3 is 2.40 bits per heavy atom. The second-order valence-corrected chi connectivity index (χ2v) is 8.52. The normalized spacial score (nSPS) is 11.5. The summed E-state index contributed by atoms with van der Waals surface area (Å²) < 4.78 is 15.8. The summed E-state index contributed by atoms with van der Waals surface area (Å²) in [5.74, 6) is -1.52. The first kappa shape index (κ1) is 23.9. The van der Waals surface area contributed by atoms with E-state index < -0.39 is 11.8 Å². The number of carbonyl (C=O) groups is 1. The number of aromatic hydroxyl groups is 1. The molecule has 0 fully saturated rings. The molecule has 1 aromatic heterocycles. The molecular formula is C26H23FN4O3S. The molecule has 4 aromatic rings. The van der Waals surface area contributed by atoms with E-state index in [2.05, 4.69) is 15.8 Å². The van der Waals surface area contributed by atoms with Crippen molar-refractivity contribution in [3.8, 4) is 11.6 Å². The van der Waals surface area contributed by atoms with Gasteiger partial charge in [-0.25, -0.2) is 9.18 Å². The zero-order valence-electron chi connectivity index (χ0n) is 19.3. The summed E-state index contributed by atoms with van der Waals surface area (Å²) in [6, 6.07) is 16.2. The number of benzene rings is 3. The van der Waals surface area contributed by atoms with Gasteiger partial charge in [-0.1, -0.05) is 6.07 Å². The molecule has 35 heavy (non-hydrogen) atoms. The van der Waals surface area contributed by atoms with Gasteiger partial charge < -0.3 is 15.5 Å². The van der Waals surface area contributed by atoms with Crippen molar-refractivity contribution < 1.29 is 19.4 Å². The molecule has 0 saturated carbocycles. The van der Waals surface area contributed by atoms with Crippen molar-refractivity contribution in [2.24, 2.45) is 5.10 Å². The number of anilines is 1. The summed E-state index contributed by atoms with van der Waals surface area (Å²) in [4.78, 5) is 11.0. The Balaban J connectivity index is 1.66. The maximum atomic E-state index is 14.2. The molecule has 0 aliphatic heterocycles. The van der Waals surface area contributed by atoms with Crippen molar-refractivity contribution in [2.75, 3.05) is 5.32 Å². The number of fused-ring (bicyclic) bond motifs is 1. The predicted octanol–water partition coefficient (Wildman–Crippen LogP) is 5.50. The highest BCUT2D eigenvalue weighted by molar-refractivity contribution is 7.80. The molecule has 0 spiro atoms. The molecule has 0 amide bonds. The van der Waals surface area contributed by atoms with Crippen LogP contribution in [0.1, 0.15) is 34.0 Å². The third-order valence-corrected chi connectivity index (χ3v) is 5.92. The molecule has 0 bridgehead atoms.